The Morgan fingerprint density at radius 3 is 2.64 bits per heavy atom. The number of epoxide rings is 1. The van der Waals surface area contributed by atoms with Gasteiger partial charge in [0.2, 0.25) is 0 Å². The van der Waals surface area contributed by atoms with Crippen LogP contribution in [0.25, 0.3) is 0 Å². The second-order valence-electron chi connectivity index (χ2n) is 10.0. The van der Waals surface area contributed by atoms with Gasteiger partial charge < -0.3 is 24.8 Å². The summed E-state index contributed by atoms with van der Waals surface area (Å²) in [5.41, 5.74) is 2.62. The number of likely N-dealkylation sites (tertiary alicyclic amines) is 1. The van der Waals surface area contributed by atoms with E-state index < -0.39 is 6.09 Å². The van der Waals surface area contributed by atoms with Gasteiger partial charge in [-0.15, -0.1) is 0 Å². The number of ether oxygens (including phenoxy) is 2. The predicted molar refractivity (Wildman–Crippen MR) is 131 cm³/mol. The van der Waals surface area contributed by atoms with Gasteiger partial charge in [0.25, 0.3) is 0 Å². The highest BCUT2D eigenvalue weighted by Crippen LogP contribution is 2.50. The Kier molecular flexibility index (Phi) is 8.76. The number of allylic oxidation sites excluding steroid dienone is 1. The van der Waals surface area contributed by atoms with Crippen LogP contribution in [0, 0.1) is 11.8 Å². The number of anilines is 1. The molecule has 1 saturated carbocycles. The van der Waals surface area contributed by atoms with Crippen molar-refractivity contribution in [2.75, 3.05) is 32.6 Å². The Balaban J connectivity index is 0.000000186. The Labute approximate surface area is 198 Å². The van der Waals surface area contributed by atoms with E-state index in [-0.39, 0.29) is 5.60 Å². The maximum atomic E-state index is 10.6. The van der Waals surface area contributed by atoms with Crippen molar-refractivity contribution in [1.82, 2.24) is 9.88 Å². The van der Waals surface area contributed by atoms with Crippen molar-refractivity contribution in [3.8, 4) is 0 Å². The van der Waals surface area contributed by atoms with Crippen LogP contribution in [-0.4, -0.2) is 66.1 Å². The molecule has 3 aliphatic rings. The smallest absolute Gasteiger partial charge is 0.407 e. The molecule has 7 nitrogen and oxygen atoms in total. The number of nitrogens with one attached hydrogen (secondary N) is 1. The molecule has 3 fully saturated rings. The molecule has 0 aromatic carbocycles. The van der Waals surface area contributed by atoms with E-state index in [1.165, 1.54) is 36.2 Å². The van der Waals surface area contributed by atoms with Crippen molar-refractivity contribution in [3.63, 3.8) is 0 Å². The van der Waals surface area contributed by atoms with Crippen LogP contribution in [0.3, 0.4) is 0 Å². The number of hydrogen-bond acceptors (Lipinski definition) is 5. The molecule has 4 unspecified atom stereocenters. The molecule has 7 heteroatoms. The first-order valence-corrected chi connectivity index (χ1v) is 12.2. The zero-order valence-corrected chi connectivity index (χ0v) is 20.8. The molecule has 0 bridgehead atoms. The number of hydrogen-bond donors (Lipinski definition) is 2. The molecule has 1 aromatic rings. The summed E-state index contributed by atoms with van der Waals surface area (Å²) in [6.45, 7) is 7.86. The first-order valence-electron chi connectivity index (χ1n) is 12.2. The minimum absolute atomic E-state index is 0.0764. The molecule has 1 aromatic heterocycles. The van der Waals surface area contributed by atoms with E-state index >= 15 is 0 Å². The van der Waals surface area contributed by atoms with Gasteiger partial charge in [0.1, 0.15) is 5.82 Å². The van der Waals surface area contributed by atoms with E-state index in [9.17, 15) is 4.79 Å². The summed E-state index contributed by atoms with van der Waals surface area (Å²) >= 11 is 0. The van der Waals surface area contributed by atoms with Crippen LogP contribution in [0.2, 0.25) is 0 Å². The van der Waals surface area contributed by atoms with Gasteiger partial charge in [-0.1, -0.05) is 30.6 Å². The molecule has 2 N–H and O–H groups in total. The Hall–Kier alpha value is -2.12. The summed E-state index contributed by atoms with van der Waals surface area (Å²) in [6.07, 6.45) is 11.2. The number of aromatic nitrogens is 1. The summed E-state index contributed by atoms with van der Waals surface area (Å²) in [7, 11) is 3.68. The molecule has 2 saturated heterocycles. The third kappa shape index (κ3) is 6.70. The summed E-state index contributed by atoms with van der Waals surface area (Å²) in [4.78, 5) is 16.2. The molecule has 4 rings (SSSR count). The molecule has 2 aliphatic heterocycles. The monoisotopic (exact) mass is 459 g/mol. The molecule has 4 atom stereocenters. The molecular weight excluding hydrogens is 418 g/mol. The Morgan fingerprint density at radius 1 is 1.33 bits per heavy atom. The van der Waals surface area contributed by atoms with Gasteiger partial charge in [-0.05, 0) is 64.0 Å². The highest BCUT2D eigenvalue weighted by molar-refractivity contribution is 5.66. The van der Waals surface area contributed by atoms with Gasteiger partial charge >= 0.3 is 6.09 Å². The van der Waals surface area contributed by atoms with Crippen LogP contribution in [0.1, 0.15) is 58.4 Å². The van der Waals surface area contributed by atoms with Crippen molar-refractivity contribution >= 4 is 11.9 Å². The van der Waals surface area contributed by atoms with Gasteiger partial charge in [0, 0.05) is 39.4 Å². The van der Waals surface area contributed by atoms with Gasteiger partial charge in [0.05, 0.1) is 17.8 Å². The molecule has 3 heterocycles. The van der Waals surface area contributed by atoms with Crippen molar-refractivity contribution in [1.29, 1.82) is 0 Å². The van der Waals surface area contributed by atoms with Crippen molar-refractivity contribution in [2.24, 2.45) is 11.8 Å². The lowest BCUT2D eigenvalue weighted by Gasteiger charge is -2.37. The standard InChI is InChI=1S/C15H26O2.C11H15N3O2/c1-11(2)9-10-14-15(3,17-14)12-7-5-6-8-13(12)16-4;1-12-10-3-2-8(5-13-10)4-9-6-14(7-9)11(15)16/h9,12-14H,5-8,10H2,1-4H3;2-3,5,9H,4,6-7H2,1H3,(H,12,13)(H,15,16). The fourth-order valence-electron chi connectivity index (χ4n) is 5.14. The highest BCUT2D eigenvalue weighted by Gasteiger charge is 2.58. The maximum Gasteiger partial charge on any atom is 0.407 e. The fourth-order valence-corrected chi connectivity index (χ4v) is 5.14. The van der Waals surface area contributed by atoms with Crippen LogP contribution in [0.5, 0.6) is 0 Å². The Bertz CT molecular complexity index is 802. The van der Waals surface area contributed by atoms with E-state index in [0.717, 1.165) is 24.2 Å². The Morgan fingerprint density at radius 2 is 2.06 bits per heavy atom. The third-order valence-corrected chi connectivity index (χ3v) is 7.29. The van der Waals surface area contributed by atoms with Crippen molar-refractivity contribution < 1.29 is 19.4 Å². The van der Waals surface area contributed by atoms with Crippen molar-refractivity contribution in [2.45, 2.75) is 77.1 Å². The lowest BCUT2D eigenvalue weighted by atomic mass is 9.76. The maximum absolute atomic E-state index is 10.6. The van der Waals surface area contributed by atoms with Crippen LogP contribution in [0.4, 0.5) is 10.6 Å². The van der Waals surface area contributed by atoms with Crippen molar-refractivity contribution in [3.05, 3.63) is 35.5 Å². The minimum atomic E-state index is -0.820. The predicted octanol–water partition coefficient (Wildman–Crippen LogP) is 4.98. The lowest BCUT2D eigenvalue weighted by molar-refractivity contribution is -0.00777. The molecule has 1 amide bonds. The molecule has 0 spiro atoms. The summed E-state index contributed by atoms with van der Waals surface area (Å²) in [5, 5.41) is 11.7. The van der Waals surface area contributed by atoms with E-state index in [4.69, 9.17) is 14.6 Å². The summed E-state index contributed by atoms with van der Waals surface area (Å²) < 4.78 is 11.7. The van der Waals surface area contributed by atoms with Gasteiger partial charge in [-0.3, -0.25) is 0 Å². The molecule has 184 valence electrons. The fraction of sp³-hybridized carbons (Fsp3) is 0.692. The molecule has 0 radical (unpaired) electrons. The van der Waals surface area contributed by atoms with E-state index in [2.05, 4.69) is 37.1 Å². The number of carboxylic acid groups (broad SMARTS) is 1. The number of methoxy groups -OCH3 is 1. The van der Waals surface area contributed by atoms with Crippen LogP contribution in [-0.2, 0) is 15.9 Å². The first kappa shape index (κ1) is 25.5. The van der Waals surface area contributed by atoms with Crippen LogP contribution >= 0.6 is 0 Å². The molecular formula is C26H41N3O4. The summed E-state index contributed by atoms with van der Waals surface area (Å²) in [5.74, 6) is 1.89. The van der Waals surface area contributed by atoms with Gasteiger partial charge in [-0.25, -0.2) is 9.78 Å². The van der Waals surface area contributed by atoms with Crippen LogP contribution < -0.4 is 5.32 Å². The average molecular weight is 460 g/mol. The number of amides is 1. The second kappa shape index (κ2) is 11.3. The topological polar surface area (TPSA) is 87.2 Å². The summed E-state index contributed by atoms with van der Waals surface area (Å²) in [6, 6.07) is 3.96. The average Bonchev–Trinajstić information content (AvgIpc) is 3.46. The first-order chi connectivity index (χ1) is 15.8. The van der Waals surface area contributed by atoms with E-state index in [1.54, 1.807) is 0 Å². The highest BCUT2D eigenvalue weighted by atomic mass is 16.6. The molecule has 1 aliphatic carbocycles. The van der Waals surface area contributed by atoms with Gasteiger partial charge in [0.15, 0.2) is 0 Å². The van der Waals surface area contributed by atoms with Crippen LogP contribution in [0.15, 0.2) is 30.0 Å². The number of nitrogens with zero attached hydrogens (tertiary/aromatic N) is 2. The number of rotatable bonds is 7. The zero-order valence-electron chi connectivity index (χ0n) is 20.8. The number of carbonyl (C=O) groups is 1. The third-order valence-electron chi connectivity index (χ3n) is 7.29. The van der Waals surface area contributed by atoms with E-state index in [1.807, 2.05) is 32.5 Å². The zero-order chi connectivity index (χ0) is 24.0. The van der Waals surface area contributed by atoms with Gasteiger partial charge in [-0.2, -0.15) is 0 Å². The lowest BCUT2D eigenvalue weighted by Crippen LogP contribution is -2.50. The largest absolute Gasteiger partial charge is 0.465 e. The normalized spacial score (nSPS) is 28.8. The second-order valence-corrected chi connectivity index (χ2v) is 10.0. The molecule has 33 heavy (non-hydrogen) atoms. The SMILES string of the molecule is CNc1ccc(CC2CN(C(=O)O)C2)cn1.COC1CCCCC1C1(C)OC1CC=C(C)C. The minimum Gasteiger partial charge on any atom is -0.465 e. The number of pyridine rings is 1. The quantitative estimate of drug-likeness (QED) is 0.442. The van der Waals surface area contributed by atoms with E-state index in [0.29, 0.717) is 37.1 Å².